The summed E-state index contributed by atoms with van der Waals surface area (Å²) in [5, 5.41) is 9.83. The van der Waals surface area contributed by atoms with Gasteiger partial charge in [0.15, 0.2) is 0 Å². The van der Waals surface area contributed by atoms with Gasteiger partial charge in [-0.05, 0) is 261 Å². The van der Waals surface area contributed by atoms with Crippen LogP contribution in [0.4, 0.5) is 0 Å². The van der Waals surface area contributed by atoms with Crippen LogP contribution in [0.2, 0.25) is 0 Å². The van der Waals surface area contributed by atoms with Crippen LogP contribution >= 0.6 is 0 Å². The smallest absolute Gasteiger partial charge is 0.0633 e. The fourth-order valence-electron chi connectivity index (χ4n) is 23.0. The summed E-state index contributed by atoms with van der Waals surface area (Å²) in [5.41, 5.74) is 3.89. The van der Waals surface area contributed by atoms with Crippen molar-refractivity contribution in [2.24, 2.45) is 118 Å². The van der Waals surface area contributed by atoms with Crippen molar-refractivity contribution < 1.29 is 18.9 Å². The van der Waals surface area contributed by atoms with Crippen LogP contribution in [0, 0.1) is 118 Å². The van der Waals surface area contributed by atoms with Gasteiger partial charge in [0, 0.05) is 62.4 Å². The van der Waals surface area contributed by atoms with E-state index in [-0.39, 0.29) is 24.4 Å². The van der Waals surface area contributed by atoms with Crippen molar-refractivity contribution in [3.05, 3.63) is 23.3 Å². The Morgan fingerprint density at radius 1 is 0.315 bits per heavy atom. The van der Waals surface area contributed by atoms with Crippen LogP contribution < -0.4 is 10.6 Å². The van der Waals surface area contributed by atoms with Crippen LogP contribution in [-0.2, 0) is 18.9 Å². The molecule has 2 N–H and O–H groups in total. The molecule has 0 heterocycles. The molecule has 10 aliphatic carbocycles. The minimum Gasteiger partial charge on any atom is -0.378 e. The van der Waals surface area contributed by atoms with Gasteiger partial charge in [-0.1, -0.05) is 196 Å². The minimum atomic E-state index is 0.282. The first-order valence-corrected chi connectivity index (χ1v) is 42.1. The number of unbranched alkanes of at least 4 members (excludes halogenated alkanes) is 4. The average molecular weight is 1280 g/mol. The van der Waals surface area contributed by atoms with Gasteiger partial charge < -0.3 is 29.6 Å². The van der Waals surface area contributed by atoms with Gasteiger partial charge in [0.25, 0.3) is 0 Å². The van der Waals surface area contributed by atoms with Gasteiger partial charge in [-0.2, -0.15) is 0 Å². The molecule has 0 aromatic carbocycles. The van der Waals surface area contributed by atoms with E-state index in [1.165, 1.54) is 218 Å². The molecule has 16 atom stereocenters. The van der Waals surface area contributed by atoms with Crippen LogP contribution in [-0.4, -0.2) is 75.0 Å². The minimum absolute atomic E-state index is 0.282. The maximum atomic E-state index is 7.33. The van der Waals surface area contributed by atoms with Gasteiger partial charge in [-0.15, -0.1) is 0 Å². The van der Waals surface area contributed by atoms with Crippen molar-refractivity contribution in [2.75, 3.05) is 26.4 Å². The molecule has 0 radical (unpaired) electrons. The second-order valence-electron chi connectivity index (χ2n) is 35.9. The zero-order valence-electron chi connectivity index (χ0n) is 62.7. The second kappa shape index (κ2) is 37.1. The van der Waals surface area contributed by atoms with Gasteiger partial charge in [-0.25, -0.2) is 0 Å². The van der Waals surface area contributed by atoms with Crippen LogP contribution in [0.1, 0.15) is 327 Å². The topological polar surface area (TPSA) is 61.0 Å². The molecule has 6 heteroatoms. The number of ether oxygens (including phenoxy) is 4. The highest BCUT2D eigenvalue weighted by Gasteiger charge is 2.54. The van der Waals surface area contributed by atoms with Crippen molar-refractivity contribution in [3.63, 3.8) is 0 Å². The Labute approximate surface area is 570 Å². The summed E-state index contributed by atoms with van der Waals surface area (Å²) in [6.45, 7) is 33.7. The number of rotatable bonds is 28. The van der Waals surface area contributed by atoms with E-state index >= 15 is 0 Å². The fourth-order valence-corrected chi connectivity index (χ4v) is 23.0. The predicted octanol–water partition coefficient (Wildman–Crippen LogP) is 22.6. The van der Waals surface area contributed by atoms with Crippen molar-refractivity contribution in [1.82, 2.24) is 10.6 Å². The van der Waals surface area contributed by atoms with Crippen molar-refractivity contribution in [1.29, 1.82) is 0 Å². The molecule has 10 saturated carbocycles. The first-order valence-electron chi connectivity index (χ1n) is 42.1. The molecule has 10 fully saturated rings. The molecule has 0 spiro atoms. The molecule has 0 bridgehead atoms. The SMILES string of the molecule is CCCCOC1CC(C)CC(OCCCC)C1C1CC(C=C(C2CCC(C)CC2)C2CCC(C)CC2)CCC1NC1C(C)C(C)C(NC2CCC(C=C(C3CCC(C)CC3)C3CCC(C)CC3)CC2C2C(OCCCC)CC(C)CC2OCCCC)C2CCCCC21. The van der Waals surface area contributed by atoms with E-state index in [4.69, 9.17) is 29.6 Å². The number of hydrogen-bond donors (Lipinski definition) is 2. The number of fused-ring (bicyclic) bond motifs is 1. The molecular formula is C86H152N2O4. The molecule has 16 unspecified atom stereocenters. The van der Waals surface area contributed by atoms with Crippen molar-refractivity contribution >= 4 is 0 Å². The lowest BCUT2D eigenvalue weighted by atomic mass is 9.57. The van der Waals surface area contributed by atoms with E-state index in [1.54, 1.807) is 0 Å². The van der Waals surface area contributed by atoms with Crippen LogP contribution in [0.3, 0.4) is 0 Å². The third-order valence-corrected chi connectivity index (χ3v) is 28.8. The largest absolute Gasteiger partial charge is 0.378 e. The predicted molar refractivity (Wildman–Crippen MR) is 390 cm³/mol. The zero-order chi connectivity index (χ0) is 64.7. The maximum Gasteiger partial charge on any atom is 0.0633 e. The van der Waals surface area contributed by atoms with Crippen LogP contribution in [0.15, 0.2) is 23.3 Å². The summed E-state index contributed by atoms with van der Waals surface area (Å²) in [4.78, 5) is 0. The standard InChI is InChI=1S/C86H152N2O4/c1-13-17-45-89-79-49-61(9)50-80(90-46-18-14-2)83(79)75-55-65(53-73(67-35-25-57(5)26-36-67)68-37-27-58(6)28-38-68)33-43-77(75)87-85-63(11)64(12)86(72-24-22-21-23-71(72)85)88-78-44-34-66(54-74(69-39-29-59(7)30-40-69)70-41-31-60(8)32-42-70)56-76(78)84-81(91-47-19-15-3)51-62(10)52-82(84)92-48-20-16-4/h53-54,57-72,75-88H,13-52,55-56H2,1-12H3. The van der Waals surface area contributed by atoms with E-state index < -0.39 is 0 Å². The zero-order valence-corrected chi connectivity index (χ0v) is 62.7. The summed E-state index contributed by atoms with van der Waals surface area (Å²) < 4.78 is 29.3. The van der Waals surface area contributed by atoms with Gasteiger partial charge in [-0.3, -0.25) is 0 Å². The van der Waals surface area contributed by atoms with Gasteiger partial charge in [0.2, 0.25) is 0 Å². The Kier molecular flexibility index (Phi) is 29.8. The third kappa shape index (κ3) is 19.6. The van der Waals surface area contributed by atoms with Gasteiger partial charge >= 0.3 is 0 Å². The molecule has 92 heavy (non-hydrogen) atoms. The number of nitrogens with one attached hydrogen (secondary N) is 2. The highest BCUT2D eigenvalue weighted by molar-refractivity contribution is 5.19. The van der Waals surface area contributed by atoms with Crippen LogP contribution in [0.25, 0.3) is 0 Å². The summed E-state index contributed by atoms with van der Waals surface area (Å²) >= 11 is 0. The second-order valence-corrected chi connectivity index (χ2v) is 35.9. The molecule has 10 aliphatic rings. The van der Waals surface area contributed by atoms with E-state index in [2.05, 4.69) is 95.2 Å². The maximum absolute atomic E-state index is 7.33. The lowest BCUT2D eigenvalue weighted by Gasteiger charge is -2.57. The number of allylic oxidation sites excluding steroid dienone is 4. The summed E-state index contributed by atoms with van der Waals surface area (Å²) in [6.07, 6.45) is 57.8. The van der Waals surface area contributed by atoms with Gasteiger partial charge in [0.1, 0.15) is 0 Å². The van der Waals surface area contributed by atoms with E-state index in [1.807, 2.05) is 11.1 Å². The number of hydrogen-bond acceptors (Lipinski definition) is 6. The van der Waals surface area contributed by atoms with Crippen molar-refractivity contribution in [3.8, 4) is 0 Å². The highest BCUT2D eigenvalue weighted by atomic mass is 16.5. The molecule has 10 rings (SSSR count). The Morgan fingerprint density at radius 2 is 0.598 bits per heavy atom. The third-order valence-electron chi connectivity index (χ3n) is 28.8. The fraction of sp³-hybridized carbons (Fsp3) is 0.953. The van der Waals surface area contributed by atoms with E-state index in [0.29, 0.717) is 95.2 Å². The summed E-state index contributed by atoms with van der Waals surface area (Å²) in [6, 6.07) is 2.10. The normalized spacial score (nSPS) is 44.0. The van der Waals surface area contributed by atoms with Crippen LogP contribution in [0.5, 0.6) is 0 Å². The van der Waals surface area contributed by atoms with E-state index in [0.717, 1.165) is 99.5 Å². The molecule has 0 aromatic rings. The lowest BCUT2D eigenvalue weighted by Crippen LogP contribution is -2.66. The quantitative estimate of drug-likeness (QED) is 0.0601. The summed E-state index contributed by atoms with van der Waals surface area (Å²) in [5.74, 6) is 14.0. The Morgan fingerprint density at radius 3 is 0.870 bits per heavy atom. The highest BCUT2D eigenvalue weighted by Crippen LogP contribution is 2.54. The molecule has 530 valence electrons. The molecule has 0 aliphatic heterocycles. The van der Waals surface area contributed by atoms with Gasteiger partial charge in [0.05, 0.1) is 24.4 Å². The Hall–Kier alpha value is -0.760. The first-order chi connectivity index (χ1) is 44.7. The van der Waals surface area contributed by atoms with E-state index in [9.17, 15) is 0 Å². The molecule has 0 amide bonds. The lowest BCUT2D eigenvalue weighted by molar-refractivity contribution is -0.137. The Balaban J connectivity index is 0.963. The monoisotopic (exact) mass is 1280 g/mol. The molecule has 0 saturated heterocycles. The average Bonchev–Trinajstić information content (AvgIpc) is 0.922. The van der Waals surface area contributed by atoms with Crippen molar-refractivity contribution in [2.45, 2.75) is 376 Å². The molecule has 6 nitrogen and oxygen atoms in total. The first kappa shape index (κ1) is 73.9. The molecule has 0 aromatic heterocycles. The Bertz CT molecular complexity index is 1890. The molecular weight excluding hydrogens is 1120 g/mol. The summed E-state index contributed by atoms with van der Waals surface area (Å²) in [7, 11) is 0.